The second-order valence-corrected chi connectivity index (χ2v) is 5.55. The van der Waals surface area contributed by atoms with E-state index in [9.17, 15) is 18.0 Å². The molecule has 0 saturated heterocycles. The minimum atomic E-state index is -4.72. The second-order valence-electron chi connectivity index (χ2n) is 5.55. The van der Waals surface area contributed by atoms with Crippen molar-refractivity contribution in [3.63, 3.8) is 0 Å². The molecule has 0 atom stereocenters. The molecule has 0 aliphatic heterocycles. The lowest BCUT2D eigenvalue weighted by molar-refractivity contribution is -0.145. The summed E-state index contributed by atoms with van der Waals surface area (Å²) in [5.41, 5.74) is 10.6. The molecule has 0 spiro atoms. The predicted molar refractivity (Wildman–Crippen MR) is 83.5 cm³/mol. The van der Waals surface area contributed by atoms with Gasteiger partial charge in [0.15, 0.2) is 0 Å². The first-order valence-corrected chi connectivity index (χ1v) is 7.56. The monoisotopic (exact) mass is 352 g/mol. The predicted octanol–water partition coefficient (Wildman–Crippen LogP) is 1.74. The molecule has 3 rings (SSSR count). The molecule has 1 aliphatic rings. The number of hydrogen-bond donors (Lipinski definition) is 2. The van der Waals surface area contributed by atoms with Gasteiger partial charge in [0.05, 0.1) is 5.71 Å². The van der Waals surface area contributed by atoms with Crippen molar-refractivity contribution in [2.24, 2.45) is 5.10 Å². The molecule has 25 heavy (non-hydrogen) atoms. The standard InChI is InChI=1S/C15H15F3N6O/c16-15(17,18)13-20-14(19)24(23-13)8-12(25)22-21-11-7-3-5-9-4-1-2-6-10(9)11/h1-2,4,6H,3,5,7-8H2,(H,22,25)(H2,19,20,23)/b21-11+. The molecule has 1 aliphatic carbocycles. The van der Waals surface area contributed by atoms with Crippen molar-refractivity contribution in [2.75, 3.05) is 5.73 Å². The number of hydrazone groups is 1. The zero-order valence-electron chi connectivity index (χ0n) is 13.0. The molecule has 7 nitrogen and oxygen atoms in total. The number of carbonyl (C=O) groups excluding carboxylic acids is 1. The van der Waals surface area contributed by atoms with Gasteiger partial charge in [-0.3, -0.25) is 4.79 Å². The lowest BCUT2D eigenvalue weighted by Gasteiger charge is -2.17. The van der Waals surface area contributed by atoms with Crippen LogP contribution in [0.15, 0.2) is 29.4 Å². The van der Waals surface area contributed by atoms with E-state index in [1.807, 2.05) is 24.3 Å². The van der Waals surface area contributed by atoms with E-state index in [0.29, 0.717) is 11.1 Å². The van der Waals surface area contributed by atoms with Crippen molar-refractivity contribution in [3.8, 4) is 0 Å². The highest BCUT2D eigenvalue weighted by Gasteiger charge is 2.37. The minimum absolute atomic E-state index is 0.488. The normalized spacial score (nSPS) is 15.9. The quantitative estimate of drug-likeness (QED) is 0.822. The topological polar surface area (TPSA) is 98.2 Å². The maximum atomic E-state index is 12.5. The summed E-state index contributed by atoms with van der Waals surface area (Å²) in [6, 6.07) is 7.74. The average Bonchev–Trinajstić information content (AvgIpc) is 2.94. The van der Waals surface area contributed by atoms with Gasteiger partial charge in [-0.15, -0.1) is 5.10 Å². The van der Waals surface area contributed by atoms with Gasteiger partial charge in [-0.1, -0.05) is 24.3 Å². The van der Waals surface area contributed by atoms with Gasteiger partial charge in [0, 0.05) is 5.56 Å². The van der Waals surface area contributed by atoms with E-state index in [2.05, 4.69) is 20.6 Å². The number of nitrogens with two attached hydrogens (primary N) is 1. The summed E-state index contributed by atoms with van der Waals surface area (Å²) in [5, 5.41) is 7.30. The first-order chi connectivity index (χ1) is 11.8. The highest BCUT2D eigenvalue weighted by atomic mass is 19.4. The van der Waals surface area contributed by atoms with Gasteiger partial charge in [-0.25, -0.2) is 10.1 Å². The zero-order valence-corrected chi connectivity index (χ0v) is 13.0. The zero-order chi connectivity index (χ0) is 18.0. The number of nitrogen functional groups attached to an aromatic ring is 1. The van der Waals surface area contributed by atoms with Gasteiger partial charge in [-0.05, 0) is 24.8 Å². The summed E-state index contributed by atoms with van der Waals surface area (Å²) in [4.78, 5) is 15.0. The van der Waals surface area contributed by atoms with Crippen LogP contribution in [0.3, 0.4) is 0 Å². The smallest absolute Gasteiger partial charge is 0.368 e. The highest BCUT2D eigenvalue weighted by molar-refractivity contribution is 6.03. The van der Waals surface area contributed by atoms with Gasteiger partial charge < -0.3 is 5.73 Å². The van der Waals surface area contributed by atoms with Crippen LogP contribution in [0.1, 0.15) is 29.8 Å². The fourth-order valence-electron chi connectivity index (χ4n) is 2.61. The number of nitrogens with zero attached hydrogens (tertiary/aromatic N) is 4. The van der Waals surface area contributed by atoms with Crippen LogP contribution in [-0.4, -0.2) is 26.4 Å². The lowest BCUT2D eigenvalue weighted by atomic mass is 9.90. The van der Waals surface area contributed by atoms with Crippen molar-refractivity contribution in [1.82, 2.24) is 20.2 Å². The van der Waals surface area contributed by atoms with Gasteiger partial charge >= 0.3 is 6.18 Å². The van der Waals surface area contributed by atoms with Gasteiger partial charge in [-0.2, -0.15) is 23.3 Å². The minimum Gasteiger partial charge on any atom is -0.368 e. The summed E-state index contributed by atoms with van der Waals surface area (Å²) >= 11 is 0. The van der Waals surface area contributed by atoms with Crippen molar-refractivity contribution < 1.29 is 18.0 Å². The first kappa shape index (κ1) is 16.9. The van der Waals surface area contributed by atoms with E-state index in [1.165, 1.54) is 0 Å². The molecule has 1 heterocycles. The molecule has 132 valence electrons. The molecular formula is C15H15F3N6O. The van der Waals surface area contributed by atoms with Crippen LogP contribution in [0.2, 0.25) is 0 Å². The lowest BCUT2D eigenvalue weighted by Crippen LogP contribution is -2.27. The molecule has 2 aromatic rings. The molecule has 0 fully saturated rings. The molecular weight excluding hydrogens is 337 g/mol. The van der Waals surface area contributed by atoms with E-state index in [-0.39, 0.29) is 0 Å². The molecule has 1 aromatic heterocycles. The Labute approximate surface area is 140 Å². The Morgan fingerprint density at radius 3 is 2.80 bits per heavy atom. The highest BCUT2D eigenvalue weighted by Crippen LogP contribution is 2.26. The third kappa shape index (κ3) is 3.78. The SMILES string of the molecule is Nc1nc(C(F)(F)F)nn1CC(=O)N/N=C1\CCCc2ccccc21. The van der Waals surface area contributed by atoms with E-state index in [0.717, 1.165) is 29.7 Å². The van der Waals surface area contributed by atoms with Crippen LogP contribution < -0.4 is 11.2 Å². The van der Waals surface area contributed by atoms with Crippen molar-refractivity contribution in [2.45, 2.75) is 32.0 Å². The molecule has 0 bridgehead atoms. The number of benzene rings is 1. The molecule has 1 amide bonds. The van der Waals surface area contributed by atoms with E-state index >= 15 is 0 Å². The third-order valence-electron chi connectivity index (χ3n) is 3.75. The number of aryl methyl sites for hydroxylation is 1. The Balaban J connectivity index is 1.69. The van der Waals surface area contributed by atoms with Crippen LogP contribution in [0.25, 0.3) is 0 Å². The van der Waals surface area contributed by atoms with Crippen LogP contribution in [-0.2, 0) is 23.9 Å². The molecule has 0 saturated carbocycles. The number of nitrogens with one attached hydrogen (secondary N) is 1. The van der Waals surface area contributed by atoms with E-state index < -0.39 is 30.4 Å². The Hall–Kier alpha value is -2.91. The molecule has 0 radical (unpaired) electrons. The maximum absolute atomic E-state index is 12.5. The fourth-order valence-corrected chi connectivity index (χ4v) is 2.61. The molecule has 3 N–H and O–H groups in total. The number of rotatable bonds is 3. The van der Waals surface area contributed by atoms with Crippen LogP contribution in [0, 0.1) is 0 Å². The summed E-state index contributed by atoms with van der Waals surface area (Å²) in [6.45, 7) is -0.507. The van der Waals surface area contributed by atoms with E-state index in [4.69, 9.17) is 5.73 Å². The maximum Gasteiger partial charge on any atom is 0.453 e. The van der Waals surface area contributed by atoms with Crippen molar-refractivity contribution in [1.29, 1.82) is 0 Å². The van der Waals surface area contributed by atoms with Crippen LogP contribution in [0.5, 0.6) is 0 Å². The largest absolute Gasteiger partial charge is 0.453 e. The van der Waals surface area contributed by atoms with Gasteiger partial charge in [0.25, 0.3) is 11.7 Å². The number of aromatic nitrogens is 3. The third-order valence-corrected chi connectivity index (χ3v) is 3.75. The fraction of sp³-hybridized carbons (Fsp3) is 0.333. The number of carbonyl (C=O) groups is 1. The number of amides is 1. The van der Waals surface area contributed by atoms with E-state index in [1.54, 1.807) is 0 Å². The summed E-state index contributed by atoms with van der Waals surface area (Å²) < 4.78 is 38.3. The number of fused-ring (bicyclic) bond motifs is 1. The Morgan fingerprint density at radius 2 is 2.08 bits per heavy atom. The Morgan fingerprint density at radius 1 is 1.32 bits per heavy atom. The van der Waals surface area contributed by atoms with Crippen molar-refractivity contribution >= 4 is 17.6 Å². The summed E-state index contributed by atoms with van der Waals surface area (Å²) in [5.74, 6) is -2.51. The summed E-state index contributed by atoms with van der Waals surface area (Å²) in [6.07, 6.45) is -2.15. The number of halogens is 3. The Bertz CT molecular complexity index is 827. The van der Waals surface area contributed by atoms with Crippen LogP contribution >= 0.6 is 0 Å². The first-order valence-electron chi connectivity index (χ1n) is 7.56. The molecule has 1 aromatic carbocycles. The van der Waals surface area contributed by atoms with Gasteiger partial charge in [0.2, 0.25) is 5.95 Å². The van der Waals surface area contributed by atoms with Crippen molar-refractivity contribution in [3.05, 3.63) is 41.2 Å². The molecule has 10 heteroatoms. The van der Waals surface area contributed by atoms with Crippen LogP contribution in [0.4, 0.5) is 19.1 Å². The number of anilines is 1. The van der Waals surface area contributed by atoms with Gasteiger partial charge in [0.1, 0.15) is 6.54 Å². The number of alkyl halides is 3. The average molecular weight is 352 g/mol. The Kier molecular flexibility index (Phi) is 4.43. The second kappa shape index (κ2) is 6.54. The molecule has 0 unspecified atom stereocenters. The number of hydrogen-bond acceptors (Lipinski definition) is 5. The summed E-state index contributed by atoms with van der Waals surface area (Å²) in [7, 11) is 0.